The summed E-state index contributed by atoms with van der Waals surface area (Å²) in [5, 5.41) is 0.467. The maximum atomic E-state index is 14.9. The molecule has 228 valence electrons. The van der Waals surface area contributed by atoms with Gasteiger partial charge in [0, 0.05) is 30.3 Å². The van der Waals surface area contributed by atoms with Gasteiger partial charge < -0.3 is 19.1 Å². The highest BCUT2D eigenvalue weighted by Gasteiger charge is 2.23. The average Bonchev–Trinajstić information content (AvgIpc) is 2.97. The molecule has 4 aromatic rings. The number of likely N-dealkylation sites (tertiary alicyclic amines) is 1. The Morgan fingerprint density at radius 1 is 1.00 bits per heavy atom. The van der Waals surface area contributed by atoms with E-state index in [0.29, 0.717) is 34.8 Å². The first-order valence-corrected chi connectivity index (χ1v) is 16.1. The monoisotopic (exact) mass is 647 g/mol. The molecule has 0 aliphatic carbocycles. The number of pyridine rings is 1. The maximum Gasteiger partial charge on any atom is 0.264 e. The first kappa shape index (κ1) is 31.1. The van der Waals surface area contributed by atoms with Gasteiger partial charge >= 0.3 is 0 Å². The lowest BCUT2D eigenvalue weighted by Gasteiger charge is -2.30. The molecule has 1 saturated heterocycles. The van der Waals surface area contributed by atoms with Gasteiger partial charge in [-0.1, -0.05) is 36.2 Å². The predicted octanol–water partition coefficient (Wildman–Crippen LogP) is 7.78. The van der Waals surface area contributed by atoms with E-state index in [1.165, 1.54) is 49.4 Å². The van der Waals surface area contributed by atoms with Gasteiger partial charge in [-0.05, 0) is 74.7 Å². The number of hydrogen-bond donors (Lipinski definition) is 1. The highest BCUT2D eigenvalue weighted by atomic mass is 35.5. The highest BCUT2D eigenvalue weighted by molar-refractivity contribution is 7.93. The van der Waals surface area contributed by atoms with Crippen LogP contribution in [0.25, 0.3) is 10.9 Å². The molecule has 8 nitrogen and oxygen atoms in total. The van der Waals surface area contributed by atoms with Crippen LogP contribution in [0.2, 0.25) is 10.0 Å². The lowest BCUT2D eigenvalue weighted by atomic mass is 9.99. The van der Waals surface area contributed by atoms with Gasteiger partial charge in [0.15, 0.2) is 23.1 Å². The molecule has 2 heterocycles. The molecular formula is C31H32Cl2FN3O5S. The Balaban J connectivity index is 1.33. The zero-order chi connectivity index (χ0) is 30.6. The standard InChI is InChI=1S/C31H32Cl2FN3O5S/c1-20-10-14-37(15-11-20)13-4-16-41-30-19-26-22(18-29(30)40-2)27(9-12-35-26)42-28-17-21(7-8-25(28)34)36-43(38,39)31-23(32)5-3-6-24(31)33/h3,5-9,12,17-20,36H,4,10-11,13-16H2,1-2H3. The van der Waals surface area contributed by atoms with Crippen molar-refractivity contribution in [3.63, 3.8) is 0 Å². The van der Waals surface area contributed by atoms with E-state index in [9.17, 15) is 12.8 Å². The Labute approximate surface area is 260 Å². The molecule has 43 heavy (non-hydrogen) atoms. The minimum absolute atomic E-state index is 0.0456. The molecule has 1 N–H and O–H groups in total. The van der Waals surface area contributed by atoms with Crippen molar-refractivity contribution in [2.75, 3.05) is 38.1 Å². The van der Waals surface area contributed by atoms with Gasteiger partial charge in [0.1, 0.15) is 10.6 Å². The number of methoxy groups -OCH3 is 1. The quantitative estimate of drug-likeness (QED) is 0.166. The van der Waals surface area contributed by atoms with E-state index in [-0.39, 0.29) is 26.4 Å². The number of nitrogens with zero attached hydrogens (tertiary/aromatic N) is 2. The van der Waals surface area contributed by atoms with Crippen molar-refractivity contribution in [3.05, 3.63) is 76.7 Å². The second kappa shape index (κ2) is 13.5. The van der Waals surface area contributed by atoms with Crippen LogP contribution in [0, 0.1) is 11.7 Å². The number of ether oxygens (including phenoxy) is 3. The van der Waals surface area contributed by atoms with Crippen LogP contribution in [0.1, 0.15) is 26.2 Å². The molecule has 0 amide bonds. The SMILES string of the molecule is COc1cc2c(Oc3cc(NS(=O)(=O)c4c(Cl)cccc4Cl)ccc3F)ccnc2cc1OCCCN1CCC(C)CC1. The second-order valence-corrected chi connectivity index (χ2v) is 12.9. The molecule has 12 heteroatoms. The lowest BCUT2D eigenvalue weighted by Crippen LogP contribution is -2.34. The third kappa shape index (κ3) is 7.44. The molecular weight excluding hydrogens is 616 g/mol. The van der Waals surface area contributed by atoms with E-state index in [0.717, 1.165) is 38.0 Å². The topological polar surface area (TPSA) is 90.0 Å². The molecule has 0 atom stereocenters. The number of fused-ring (bicyclic) bond motifs is 1. The van der Waals surface area contributed by atoms with E-state index < -0.39 is 15.8 Å². The predicted molar refractivity (Wildman–Crippen MR) is 167 cm³/mol. The van der Waals surface area contributed by atoms with Crippen molar-refractivity contribution in [1.29, 1.82) is 0 Å². The Morgan fingerprint density at radius 3 is 2.47 bits per heavy atom. The molecule has 5 rings (SSSR count). The number of hydrogen-bond acceptors (Lipinski definition) is 7. The molecule has 1 aromatic heterocycles. The largest absolute Gasteiger partial charge is 0.493 e. The van der Waals surface area contributed by atoms with Crippen LogP contribution >= 0.6 is 23.2 Å². The number of piperidine rings is 1. The summed E-state index contributed by atoms with van der Waals surface area (Å²) in [5.41, 5.74) is 0.613. The Morgan fingerprint density at radius 2 is 1.74 bits per heavy atom. The van der Waals surface area contributed by atoms with E-state index in [1.54, 1.807) is 25.3 Å². The number of nitrogens with one attached hydrogen (secondary N) is 1. The third-order valence-electron chi connectivity index (χ3n) is 7.33. The Kier molecular flexibility index (Phi) is 9.81. The Bertz CT molecular complexity index is 1700. The number of rotatable bonds is 11. The fourth-order valence-corrected chi connectivity index (χ4v) is 7.15. The fraction of sp³-hybridized carbons (Fsp3) is 0.323. The number of anilines is 1. The average molecular weight is 649 g/mol. The summed E-state index contributed by atoms with van der Waals surface area (Å²) in [6.45, 7) is 6.05. The van der Waals surface area contributed by atoms with Gasteiger partial charge in [-0.3, -0.25) is 9.71 Å². The second-order valence-electron chi connectivity index (χ2n) is 10.5. The molecule has 0 radical (unpaired) electrons. The van der Waals surface area contributed by atoms with Crippen LogP contribution in [0.3, 0.4) is 0 Å². The van der Waals surface area contributed by atoms with Crippen LogP contribution in [0.4, 0.5) is 10.1 Å². The zero-order valence-electron chi connectivity index (χ0n) is 23.8. The maximum absolute atomic E-state index is 14.9. The van der Waals surface area contributed by atoms with Crippen LogP contribution in [-0.2, 0) is 10.0 Å². The zero-order valence-corrected chi connectivity index (χ0v) is 26.1. The van der Waals surface area contributed by atoms with Crippen molar-refractivity contribution in [1.82, 2.24) is 9.88 Å². The third-order valence-corrected chi connectivity index (χ3v) is 9.67. The van der Waals surface area contributed by atoms with E-state index in [1.807, 2.05) is 0 Å². The van der Waals surface area contributed by atoms with Gasteiger partial charge in [0.2, 0.25) is 0 Å². The first-order valence-electron chi connectivity index (χ1n) is 13.9. The van der Waals surface area contributed by atoms with Crippen LogP contribution in [0.5, 0.6) is 23.0 Å². The van der Waals surface area contributed by atoms with Crippen molar-refractivity contribution < 1.29 is 27.0 Å². The minimum Gasteiger partial charge on any atom is -0.493 e. The molecule has 1 aliphatic heterocycles. The molecule has 1 aliphatic rings. The van der Waals surface area contributed by atoms with Gasteiger partial charge in [-0.2, -0.15) is 0 Å². The van der Waals surface area contributed by atoms with Crippen LogP contribution in [-0.4, -0.2) is 51.7 Å². The summed E-state index contributed by atoms with van der Waals surface area (Å²) in [6.07, 6.45) is 4.89. The van der Waals surface area contributed by atoms with Crippen molar-refractivity contribution in [3.8, 4) is 23.0 Å². The number of aromatic nitrogens is 1. The van der Waals surface area contributed by atoms with Crippen LogP contribution in [0.15, 0.2) is 65.7 Å². The van der Waals surface area contributed by atoms with E-state index in [4.69, 9.17) is 37.4 Å². The summed E-state index contributed by atoms with van der Waals surface area (Å²) >= 11 is 12.2. The van der Waals surface area contributed by atoms with Crippen LogP contribution < -0.4 is 18.9 Å². The summed E-state index contributed by atoms with van der Waals surface area (Å²) < 4.78 is 60.9. The van der Waals surface area contributed by atoms with E-state index in [2.05, 4.69) is 21.5 Å². The minimum atomic E-state index is -4.18. The van der Waals surface area contributed by atoms with Gasteiger partial charge in [0.05, 0.1) is 35.0 Å². The van der Waals surface area contributed by atoms with Crippen molar-refractivity contribution >= 4 is 49.8 Å². The number of benzene rings is 3. The van der Waals surface area contributed by atoms with Gasteiger partial charge in [-0.25, -0.2) is 12.8 Å². The summed E-state index contributed by atoms with van der Waals surface area (Å²) in [5.74, 6) is 1.22. The number of halogens is 3. The smallest absolute Gasteiger partial charge is 0.264 e. The summed E-state index contributed by atoms with van der Waals surface area (Å²) in [7, 11) is -2.64. The highest BCUT2D eigenvalue weighted by Crippen LogP contribution is 2.38. The molecule has 0 unspecified atom stereocenters. The fourth-order valence-electron chi connectivity index (χ4n) is 4.95. The Hall–Kier alpha value is -3.31. The van der Waals surface area contributed by atoms with E-state index >= 15 is 0 Å². The molecule has 0 saturated carbocycles. The first-order chi connectivity index (χ1) is 20.6. The molecule has 0 spiro atoms. The lowest BCUT2D eigenvalue weighted by molar-refractivity contribution is 0.176. The van der Waals surface area contributed by atoms with Gasteiger partial charge in [0.25, 0.3) is 10.0 Å². The molecule has 1 fully saturated rings. The molecule has 3 aromatic carbocycles. The molecule has 0 bridgehead atoms. The van der Waals surface area contributed by atoms with Gasteiger partial charge in [-0.15, -0.1) is 0 Å². The normalized spacial score (nSPS) is 14.5. The number of sulfonamides is 1. The van der Waals surface area contributed by atoms with Crippen molar-refractivity contribution in [2.45, 2.75) is 31.1 Å². The van der Waals surface area contributed by atoms with Crippen molar-refractivity contribution in [2.24, 2.45) is 5.92 Å². The summed E-state index contributed by atoms with van der Waals surface area (Å²) in [4.78, 5) is 6.62. The summed E-state index contributed by atoms with van der Waals surface area (Å²) in [6, 6.07) is 13.0.